The van der Waals surface area contributed by atoms with Crippen LogP contribution in [0.15, 0.2) is 18.2 Å². The lowest BCUT2D eigenvalue weighted by molar-refractivity contribution is -0.120. The number of rotatable bonds is 3. The molecule has 102 valence electrons. The van der Waals surface area contributed by atoms with Gasteiger partial charge in [-0.2, -0.15) is 0 Å². The maximum absolute atomic E-state index is 13.4. The van der Waals surface area contributed by atoms with E-state index in [0.717, 1.165) is 31.5 Å². The van der Waals surface area contributed by atoms with Gasteiger partial charge in [-0.15, -0.1) is 0 Å². The van der Waals surface area contributed by atoms with E-state index in [1.165, 1.54) is 6.07 Å². The van der Waals surface area contributed by atoms with Crippen molar-refractivity contribution in [3.05, 3.63) is 29.6 Å². The summed E-state index contributed by atoms with van der Waals surface area (Å²) >= 11 is 0. The smallest absolute Gasteiger partial charge is 0.338 e. The number of carboxylic acid groups (broad SMARTS) is 1. The Kier molecular flexibility index (Phi) is 4.11. The molecular weight excluding hydrogens is 251 g/mol. The van der Waals surface area contributed by atoms with Gasteiger partial charge in [-0.25, -0.2) is 9.18 Å². The van der Waals surface area contributed by atoms with Crippen molar-refractivity contribution in [2.24, 2.45) is 5.92 Å². The molecule has 1 atom stereocenters. The van der Waals surface area contributed by atoms with Crippen molar-refractivity contribution in [3.63, 3.8) is 0 Å². The number of halogens is 1. The van der Waals surface area contributed by atoms with Gasteiger partial charge in [-0.1, -0.05) is 0 Å². The molecule has 0 aromatic heterocycles. The van der Waals surface area contributed by atoms with Crippen molar-refractivity contribution >= 4 is 17.6 Å². The molecule has 6 heteroatoms. The van der Waals surface area contributed by atoms with Gasteiger partial charge in [0.1, 0.15) is 5.82 Å². The topological polar surface area (TPSA) is 78.4 Å². The SMILES string of the molecule is O=C(O)c1ccc(NC(=O)C2CCCNC2)cc1F. The first kappa shape index (κ1) is 13.5. The summed E-state index contributed by atoms with van der Waals surface area (Å²) in [6.07, 6.45) is 1.74. The molecule has 2 rings (SSSR count). The quantitative estimate of drug-likeness (QED) is 0.774. The number of hydrogen-bond acceptors (Lipinski definition) is 3. The number of anilines is 1. The average molecular weight is 266 g/mol. The number of carbonyl (C=O) groups is 2. The van der Waals surface area contributed by atoms with E-state index in [1.807, 2.05) is 0 Å². The average Bonchev–Trinajstić information content (AvgIpc) is 2.39. The first-order valence-corrected chi connectivity index (χ1v) is 6.12. The van der Waals surface area contributed by atoms with Crippen LogP contribution >= 0.6 is 0 Å². The Balaban J connectivity index is 2.04. The molecule has 1 unspecified atom stereocenters. The summed E-state index contributed by atoms with van der Waals surface area (Å²) in [4.78, 5) is 22.6. The highest BCUT2D eigenvalue weighted by Crippen LogP contribution is 2.17. The van der Waals surface area contributed by atoms with Crippen LogP contribution in [-0.2, 0) is 4.79 Å². The summed E-state index contributed by atoms with van der Waals surface area (Å²) in [6.45, 7) is 1.52. The van der Waals surface area contributed by atoms with Crippen LogP contribution in [0.25, 0.3) is 0 Å². The van der Waals surface area contributed by atoms with Crippen molar-refractivity contribution in [3.8, 4) is 0 Å². The van der Waals surface area contributed by atoms with Gasteiger partial charge >= 0.3 is 5.97 Å². The van der Waals surface area contributed by atoms with Gasteiger partial charge in [0, 0.05) is 12.2 Å². The molecule has 1 aromatic rings. The Morgan fingerprint density at radius 3 is 2.79 bits per heavy atom. The molecule has 0 saturated carbocycles. The normalized spacial score (nSPS) is 18.9. The van der Waals surface area contributed by atoms with Gasteiger partial charge in [0.2, 0.25) is 5.91 Å². The van der Waals surface area contributed by atoms with Gasteiger partial charge in [0.05, 0.1) is 11.5 Å². The molecule has 1 saturated heterocycles. The number of amides is 1. The van der Waals surface area contributed by atoms with Gasteiger partial charge in [0.15, 0.2) is 0 Å². The maximum Gasteiger partial charge on any atom is 0.338 e. The van der Waals surface area contributed by atoms with Crippen molar-refractivity contribution in [2.45, 2.75) is 12.8 Å². The van der Waals surface area contributed by atoms with E-state index >= 15 is 0 Å². The van der Waals surface area contributed by atoms with Crippen molar-refractivity contribution < 1.29 is 19.1 Å². The number of carboxylic acids is 1. The van der Waals surface area contributed by atoms with Gasteiger partial charge in [0.25, 0.3) is 0 Å². The first-order valence-electron chi connectivity index (χ1n) is 6.12. The van der Waals surface area contributed by atoms with Crippen LogP contribution in [0, 0.1) is 11.7 Å². The molecule has 1 aliphatic heterocycles. The molecule has 1 aliphatic rings. The Hall–Kier alpha value is -1.95. The van der Waals surface area contributed by atoms with Gasteiger partial charge in [-0.3, -0.25) is 4.79 Å². The first-order chi connectivity index (χ1) is 9.08. The van der Waals surface area contributed by atoms with Crippen LogP contribution in [0.1, 0.15) is 23.2 Å². The number of carbonyl (C=O) groups excluding carboxylic acids is 1. The highest BCUT2D eigenvalue weighted by Gasteiger charge is 2.21. The summed E-state index contributed by atoms with van der Waals surface area (Å²) in [5.74, 6) is -2.48. The molecule has 1 heterocycles. The Morgan fingerprint density at radius 2 is 2.21 bits per heavy atom. The standard InChI is InChI=1S/C13H15FN2O3/c14-11-6-9(3-4-10(11)13(18)19)16-12(17)8-2-1-5-15-7-8/h3-4,6,8,15H,1-2,5,7H2,(H,16,17)(H,18,19). The highest BCUT2D eigenvalue weighted by atomic mass is 19.1. The zero-order valence-electron chi connectivity index (χ0n) is 10.3. The number of hydrogen-bond donors (Lipinski definition) is 3. The van der Waals surface area contributed by atoms with Crippen LogP contribution in [0.4, 0.5) is 10.1 Å². The predicted octanol–water partition coefficient (Wildman–Crippen LogP) is 1.46. The molecule has 19 heavy (non-hydrogen) atoms. The van der Waals surface area contributed by atoms with E-state index in [2.05, 4.69) is 10.6 Å². The summed E-state index contributed by atoms with van der Waals surface area (Å²) in [5.41, 5.74) is -0.129. The number of benzene rings is 1. The minimum absolute atomic E-state index is 0.129. The second kappa shape index (κ2) is 5.79. The fourth-order valence-corrected chi connectivity index (χ4v) is 2.09. The monoisotopic (exact) mass is 266 g/mol. The molecule has 1 amide bonds. The predicted molar refractivity (Wildman–Crippen MR) is 67.6 cm³/mol. The van der Waals surface area contributed by atoms with Crippen LogP contribution in [0.2, 0.25) is 0 Å². The van der Waals surface area contributed by atoms with Gasteiger partial charge in [-0.05, 0) is 37.6 Å². The lowest BCUT2D eigenvalue weighted by Gasteiger charge is -2.21. The highest BCUT2D eigenvalue weighted by molar-refractivity contribution is 5.94. The van der Waals surface area contributed by atoms with Crippen LogP contribution in [0.3, 0.4) is 0 Å². The third-order valence-corrected chi connectivity index (χ3v) is 3.13. The molecule has 0 radical (unpaired) electrons. The van der Waals surface area contributed by atoms with Crippen molar-refractivity contribution in [1.29, 1.82) is 0 Å². The number of piperidine rings is 1. The lowest BCUT2D eigenvalue weighted by atomic mass is 9.99. The minimum Gasteiger partial charge on any atom is -0.478 e. The Labute approximate surface area is 109 Å². The van der Waals surface area contributed by atoms with E-state index in [9.17, 15) is 14.0 Å². The molecule has 1 fully saturated rings. The third-order valence-electron chi connectivity index (χ3n) is 3.13. The summed E-state index contributed by atoms with van der Waals surface area (Å²) in [6, 6.07) is 3.56. The molecule has 0 aliphatic carbocycles. The zero-order chi connectivity index (χ0) is 13.8. The summed E-state index contributed by atoms with van der Waals surface area (Å²) < 4.78 is 13.4. The molecular formula is C13H15FN2O3. The van der Waals surface area contributed by atoms with Crippen molar-refractivity contribution in [2.75, 3.05) is 18.4 Å². The molecule has 3 N–H and O–H groups in total. The number of aromatic carboxylic acids is 1. The number of nitrogens with one attached hydrogen (secondary N) is 2. The lowest BCUT2D eigenvalue weighted by Crippen LogP contribution is -2.37. The van der Waals surface area contributed by atoms with E-state index in [0.29, 0.717) is 6.54 Å². The molecule has 0 bridgehead atoms. The second-order valence-electron chi connectivity index (χ2n) is 4.53. The Morgan fingerprint density at radius 1 is 1.42 bits per heavy atom. The Bertz CT molecular complexity index is 499. The summed E-state index contributed by atoms with van der Waals surface area (Å²) in [7, 11) is 0. The van der Waals surface area contributed by atoms with E-state index in [4.69, 9.17) is 5.11 Å². The largest absolute Gasteiger partial charge is 0.478 e. The minimum atomic E-state index is -1.33. The third kappa shape index (κ3) is 3.29. The van der Waals surface area contributed by atoms with E-state index < -0.39 is 17.3 Å². The van der Waals surface area contributed by atoms with E-state index in [1.54, 1.807) is 0 Å². The molecule has 5 nitrogen and oxygen atoms in total. The maximum atomic E-state index is 13.4. The van der Waals surface area contributed by atoms with Crippen molar-refractivity contribution in [1.82, 2.24) is 5.32 Å². The summed E-state index contributed by atoms with van der Waals surface area (Å²) in [5, 5.41) is 14.4. The van der Waals surface area contributed by atoms with Crippen LogP contribution < -0.4 is 10.6 Å². The zero-order valence-corrected chi connectivity index (χ0v) is 10.3. The van der Waals surface area contributed by atoms with Crippen LogP contribution in [-0.4, -0.2) is 30.1 Å². The second-order valence-corrected chi connectivity index (χ2v) is 4.53. The fraction of sp³-hybridized carbons (Fsp3) is 0.385. The van der Waals surface area contributed by atoms with Gasteiger partial charge < -0.3 is 15.7 Å². The molecule has 0 spiro atoms. The van der Waals surface area contributed by atoms with E-state index in [-0.39, 0.29) is 17.5 Å². The molecule has 1 aromatic carbocycles. The fourth-order valence-electron chi connectivity index (χ4n) is 2.09. The van der Waals surface area contributed by atoms with Crippen LogP contribution in [0.5, 0.6) is 0 Å².